The third kappa shape index (κ3) is 4.91. The molecule has 0 spiro atoms. The first kappa shape index (κ1) is 21.0. The summed E-state index contributed by atoms with van der Waals surface area (Å²) in [5, 5.41) is 13.2. The third-order valence-corrected chi connectivity index (χ3v) is 4.66. The van der Waals surface area contributed by atoms with Crippen LogP contribution in [-0.4, -0.2) is 39.2 Å². The number of non-ortho nitro benzene ring substituents is 1. The minimum Gasteiger partial charge on any atom is -0.495 e. The van der Waals surface area contributed by atoms with Gasteiger partial charge in [-0.3, -0.25) is 19.2 Å². The number of methoxy groups -OCH3 is 1. The number of carbonyl (C=O) groups is 1. The number of sulfonamides is 1. The van der Waals surface area contributed by atoms with Crippen LogP contribution >= 0.6 is 0 Å². The summed E-state index contributed by atoms with van der Waals surface area (Å²) < 4.78 is 56.2. The first-order valence-electron chi connectivity index (χ1n) is 7.58. The molecule has 1 N–H and O–H groups in total. The maximum Gasteiger partial charge on any atom is 0.271 e. The van der Waals surface area contributed by atoms with E-state index in [4.69, 9.17) is 4.74 Å². The molecule has 1 amide bonds. The van der Waals surface area contributed by atoms with Gasteiger partial charge >= 0.3 is 0 Å². The molecule has 0 aliphatic heterocycles. The van der Waals surface area contributed by atoms with Gasteiger partial charge in [0.05, 0.1) is 18.3 Å². The number of rotatable bonds is 7. The predicted octanol–water partition coefficient (Wildman–Crippen LogP) is 2.29. The van der Waals surface area contributed by atoms with Crippen molar-refractivity contribution in [3.8, 4) is 5.75 Å². The molecule has 0 fully saturated rings. The van der Waals surface area contributed by atoms with Gasteiger partial charge in [0.15, 0.2) is 11.6 Å². The van der Waals surface area contributed by atoms with E-state index in [1.54, 1.807) is 0 Å². The van der Waals surface area contributed by atoms with Gasteiger partial charge in [0.25, 0.3) is 5.69 Å². The summed E-state index contributed by atoms with van der Waals surface area (Å²) in [6.45, 7) is -0.782. The maximum absolute atomic E-state index is 13.3. The normalized spacial score (nSPS) is 11.0. The Balaban J connectivity index is 2.37. The van der Waals surface area contributed by atoms with Crippen LogP contribution in [0, 0.1) is 21.7 Å². The fourth-order valence-electron chi connectivity index (χ4n) is 2.27. The van der Waals surface area contributed by atoms with Crippen molar-refractivity contribution in [1.82, 2.24) is 0 Å². The van der Waals surface area contributed by atoms with Gasteiger partial charge in [0.1, 0.15) is 18.0 Å². The van der Waals surface area contributed by atoms with Crippen LogP contribution in [0.1, 0.15) is 0 Å². The number of benzene rings is 2. The van der Waals surface area contributed by atoms with Crippen LogP contribution in [-0.2, 0) is 14.8 Å². The lowest BCUT2D eigenvalue weighted by molar-refractivity contribution is -0.384. The average Bonchev–Trinajstić information content (AvgIpc) is 2.61. The number of nitro groups is 1. The summed E-state index contributed by atoms with van der Waals surface area (Å²) in [5.41, 5.74) is -0.728. The first-order valence-corrected chi connectivity index (χ1v) is 9.43. The molecule has 0 radical (unpaired) electrons. The van der Waals surface area contributed by atoms with E-state index in [-0.39, 0.29) is 17.1 Å². The zero-order chi connectivity index (χ0) is 21.1. The standard InChI is InChI=1S/C16H15F2N3O6S/c1-27-15-6-4-11(21(23)24)8-14(15)20(28(2,25)26)9-16(22)19-10-3-5-12(17)13(18)7-10/h3-8H,9H2,1-2H3,(H,19,22). The van der Waals surface area contributed by atoms with Crippen molar-refractivity contribution in [2.45, 2.75) is 0 Å². The molecule has 0 atom stereocenters. The van der Waals surface area contributed by atoms with E-state index in [1.165, 1.54) is 13.2 Å². The second-order valence-corrected chi connectivity index (χ2v) is 7.47. The SMILES string of the molecule is COc1ccc([N+](=O)[O-])cc1N(CC(=O)Nc1ccc(F)c(F)c1)S(C)(=O)=O. The number of nitro benzene ring substituents is 1. The van der Waals surface area contributed by atoms with Crippen molar-refractivity contribution in [3.05, 3.63) is 58.1 Å². The van der Waals surface area contributed by atoms with E-state index in [0.29, 0.717) is 4.31 Å². The van der Waals surface area contributed by atoms with Crippen molar-refractivity contribution < 1.29 is 31.7 Å². The van der Waals surface area contributed by atoms with E-state index in [0.717, 1.165) is 36.6 Å². The number of halogens is 2. The van der Waals surface area contributed by atoms with Crippen LogP contribution in [0.2, 0.25) is 0 Å². The van der Waals surface area contributed by atoms with Crippen LogP contribution in [0.3, 0.4) is 0 Å². The summed E-state index contributed by atoms with van der Waals surface area (Å²) in [4.78, 5) is 22.5. The van der Waals surface area contributed by atoms with E-state index in [1.807, 2.05) is 0 Å². The van der Waals surface area contributed by atoms with Gasteiger partial charge < -0.3 is 10.1 Å². The summed E-state index contributed by atoms with van der Waals surface area (Å²) >= 11 is 0. The quantitative estimate of drug-likeness (QED) is 0.547. The Morgan fingerprint density at radius 3 is 2.43 bits per heavy atom. The van der Waals surface area contributed by atoms with Gasteiger partial charge in [-0.05, 0) is 18.2 Å². The number of carbonyl (C=O) groups excluding carboxylic acids is 1. The summed E-state index contributed by atoms with van der Waals surface area (Å²) in [6, 6.07) is 5.87. The number of hydrogen-bond donors (Lipinski definition) is 1. The molecule has 0 aliphatic carbocycles. The lowest BCUT2D eigenvalue weighted by Crippen LogP contribution is -2.37. The summed E-state index contributed by atoms with van der Waals surface area (Å²) in [6.07, 6.45) is 0.802. The molecule has 12 heteroatoms. The molecule has 0 saturated heterocycles. The Labute approximate surface area is 158 Å². The highest BCUT2D eigenvalue weighted by Crippen LogP contribution is 2.33. The molecule has 150 valence electrons. The van der Waals surface area contributed by atoms with Crippen molar-refractivity contribution in [2.75, 3.05) is 29.5 Å². The van der Waals surface area contributed by atoms with Gasteiger partial charge in [-0.15, -0.1) is 0 Å². The second kappa shape index (κ2) is 8.17. The number of nitrogens with zero attached hydrogens (tertiary/aromatic N) is 2. The van der Waals surface area contributed by atoms with Crippen LogP contribution < -0.4 is 14.4 Å². The monoisotopic (exact) mass is 415 g/mol. The molecule has 0 aromatic heterocycles. The molecule has 2 aromatic rings. The van der Waals surface area contributed by atoms with E-state index in [9.17, 15) is 32.1 Å². The van der Waals surface area contributed by atoms with Crippen molar-refractivity contribution in [2.24, 2.45) is 0 Å². The minimum absolute atomic E-state index is 0.0170. The van der Waals surface area contributed by atoms with Gasteiger partial charge in [0.2, 0.25) is 15.9 Å². The second-order valence-electron chi connectivity index (χ2n) is 5.56. The third-order valence-electron chi connectivity index (χ3n) is 3.53. The highest BCUT2D eigenvalue weighted by atomic mass is 32.2. The Morgan fingerprint density at radius 1 is 1.21 bits per heavy atom. The highest BCUT2D eigenvalue weighted by Gasteiger charge is 2.26. The number of anilines is 2. The lowest BCUT2D eigenvalue weighted by Gasteiger charge is -2.23. The van der Waals surface area contributed by atoms with E-state index >= 15 is 0 Å². The molecule has 2 rings (SSSR count). The molecule has 0 bridgehead atoms. The molecule has 9 nitrogen and oxygen atoms in total. The summed E-state index contributed by atoms with van der Waals surface area (Å²) in [5.74, 6) is -3.21. The Morgan fingerprint density at radius 2 is 1.89 bits per heavy atom. The lowest BCUT2D eigenvalue weighted by atomic mass is 10.2. The number of nitrogens with one attached hydrogen (secondary N) is 1. The van der Waals surface area contributed by atoms with Crippen LogP contribution in [0.15, 0.2) is 36.4 Å². The van der Waals surface area contributed by atoms with Crippen molar-refractivity contribution >= 4 is 33.0 Å². The van der Waals surface area contributed by atoms with Crippen LogP contribution in [0.4, 0.5) is 25.8 Å². The zero-order valence-electron chi connectivity index (χ0n) is 14.7. The van der Waals surface area contributed by atoms with Crippen LogP contribution in [0.5, 0.6) is 5.75 Å². The molecule has 0 saturated carbocycles. The van der Waals surface area contributed by atoms with Gasteiger partial charge in [0, 0.05) is 23.9 Å². The largest absolute Gasteiger partial charge is 0.495 e. The Hall–Kier alpha value is -3.28. The Kier molecular flexibility index (Phi) is 6.13. The molecule has 2 aromatic carbocycles. The molecule has 0 heterocycles. The summed E-state index contributed by atoms with van der Waals surface area (Å²) in [7, 11) is -2.83. The highest BCUT2D eigenvalue weighted by molar-refractivity contribution is 7.92. The Bertz CT molecular complexity index is 1030. The molecular weight excluding hydrogens is 400 g/mol. The zero-order valence-corrected chi connectivity index (χ0v) is 15.5. The van der Waals surface area contributed by atoms with E-state index in [2.05, 4.69) is 5.32 Å². The maximum atomic E-state index is 13.3. The number of ether oxygens (including phenoxy) is 1. The molecule has 0 unspecified atom stereocenters. The van der Waals surface area contributed by atoms with Gasteiger partial charge in [-0.25, -0.2) is 17.2 Å². The first-order chi connectivity index (χ1) is 13.0. The molecular formula is C16H15F2N3O6S. The van der Waals surface area contributed by atoms with Gasteiger partial charge in [-0.1, -0.05) is 0 Å². The van der Waals surface area contributed by atoms with Crippen molar-refractivity contribution in [1.29, 1.82) is 0 Å². The molecule has 28 heavy (non-hydrogen) atoms. The van der Waals surface area contributed by atoms with Crippen molar-refractivity contribution in [3.63, 3.8) is 0 Å². The topological polar surface area (TPSA) is 119 Å². The van der Waals surface area contributed by atoms with Crippen LogP contribution in [0.25, 0.3) is 0 Å². The fraction of sp³-hybridized carbons (Fsp3) is 0.188. The van der Waals surface area contributed by atoms with E-state index < -0.39 is 44.7 Å². The molecule has 0 aliphatic rings. The number of hydrogen-bond acceptors (Lipinski definition) is 6. The smallest absolute Gasteiger partial charge is 0.271 e. The minimum atomic E-state index is -4.06. The fourth-order valence-corrected chi connectivity index (χ4v) is 3.12. The van der Waals surface area contributed by atoms with Gasteiger partial charge in [-0.2, -0.15) is 0 Å². The number of amides is 1. The predicted molar refractivity (Wildman–Crippen MR) is 96.8 cm³/mol. The average molecular weight is 415 g/mol.